The van der Waals surface area contributed by atoms with Crippen LogP contribution in [0.5, 0.6) is 11.5 Å². The van der Waals surface area contributed by atoms with E-state index < -0.39 is 15.8 Å². The zero-order chi connectivity index (χ0) is 16.6. The number of hydrogen-bond acceptors (Lipinski definition) is 4. The van der Waals surface area contributed by atoms with Crippen molar-refractivity contribution in [1.82, 2.24) is 4.31 Å². The molecule has 0 N–H and O–H groups in total. The Morgan fingerprint density at radius 1 is 1.13 bits per heavy atom. The average molecular weight is 337 g/mol. The van der Waals surface area contributed by atoms with Crippen LogP contribution in [0.15, 0.2) is 41.3 Å². The average Bonchev–Trinajstić information content (AvgIpc) is 2.94. The largest absolute Gasteiger partial charge is 0.454 e. The van der Waals surface area contributed by atoms with Crippen LogP contribution in [0.2, 0.25) is 0 Å². The van der Waals surface area contributed by atoms with Crippen LogP contribution in [0.3, 0.4) is 0 Å². The predicted molar refractivity (Wildman–Crippen MR) is 82.4 cm³/mol. The molecule has 1 aliphatic heterocycles. The van der Waals surface area contributed by atoms with Gasteiger partial charge in [0.15, 0.2) is 11.5 Å². The van der Waals surface area contributed by atoms with Gasteiger partial charge in [0.2, 0.25) is 16.8 Å². The summed E-state index contributed by atoms with van der Waals surface area (Å²) in [7, 11) is -2.22. The van der Waals surface area contributed by atoms with Gasteiger partial charge in [0.05, 0.1) is 4.90 Å². The van der Waals surface area contributed by atoms with E-state index in [0.717, 1.165) is 11.6 Å². The van der Waals surface area contributed by atoms with Gasteiger partial charge in [0.25, 0.3) is 0 Å². The second kappa shape index (κ2) is 5.82. The van der Waals surface area contributed by atoms with Crippen molar-refractivity contribution < 1.29 is 22.3 Å². The van der Waals surface area contributed by atoms with Crippen molar-refractivity contribution in [2.24, 2.45) is 0 Å². The molecule has 2 aromatic carbocycles. The first-order chi connectivity index (χ1) is 10.9. The Bertz CT molecular complexity index is 851. The third kappa shape index (κ3) is 3.02. The monoisotopic (exact) mass is 337 g/mol. The van der Waals surface area contributed by atoms with E-state index in [4.69, 9.17) is 9.47 Å². The second-order valence-electron chi connectivity index (χ2n) is 5.36. The molecule has 7 heteroatoms. The van der Waals surface area contributed by atoms with E-state index in [1.165, 1.54) is 23.5 Å². The SMILES string of the molecule is Cc1cc(F)ccc1S(=O)(=O)N(C)Cc1ccc2c(c1)OCO2. The van der Waals surface area contributed by atoms with Crippen molar-refractivity contribution >= 4 is 10.0 Å². The molecule has 0 amide bonds. The smallest absolute Gasteiger partial charge is 0.243 e. The number of fused-ring (bicyclic) bond motifs is 1. The molecule has 3 rings (SSSR count). The molecule has 0 atom stereocenters. The molecule has 0 saturated carbocycles. The molecule has 0 radical (unpaired) electrons. The maximum Gasteiger partial charge on any atom is 0.243 e. The third-order valence-electron chi connectivity index (χ3n) is 3.67. The first kappa shape index (κ1) is 15.8. The molecular weight excluding hydrogens is 321 g/mol. The van der Waals surface area contributed by atoms with Gasteiger partial charge in [-0.2, -0.15) is 4.31 Å². The van der Waals surface area contributed by atoms with Crippen LogP contribution in [0, 0.1) is 12.7 Å². The number of hydrogen-bond donors (Lipinski definition) is 0. The molecule has 122 valence electrons. The van der Waals surface area contributed by atoms with Crippen LogP contribution in [0.1, 0.15) is 11.1 Å². The Morgan fingerprint density at radius 3 is 2.61 bits per heavy atom. The molecule has 0 spiro atoms. The van der Waals surface area contributed by atoms with E-state index in [9.17, 15) is 12.8 Å². The Hall–Kier alpha value is -2.12. The molecule has 0 unspecified atom stereocenters. The van der Waals surface area contributed by atoms with Crippen LogP contribution in [-0.4, -0.2) is 26.6 Å². The summed E-state index contributed by atoms with van der Waals surface area (Å²) >= 11 is 0. The van der Waals surface area contributed by atoms with Crippen molar-refractivity contribution in [3.05, 3.63) is 53.3 Å². The highest BCUT2D eigenvalue weighted by molar-refractivity contribution is 7.89. The predicted octanol–water partition coefficient (Wildman–Crippen LogP) is 2.68. The molecule has 0 fully saturated rings. The lowest BCUT2D eigenvalue weighted by molar-refractivity contribution is 0.174. The lowest BCUT2D eigenvalue weighted by Gasteiger charge is -2.18. The van der Waals surface area contributed by atoms with Gasteiger partial charge < -0.3 is 9.47 Å². The first-order valence-electron chi connectivity index (χ1n) is 6.99. The fourth-order valence-corrected chi connectivity index (χ4v) is 3.81. The van der Waals surface area contributed by atoms with Crippen molar-refractivity contribution in [3.8, 4) is 11.5 Å². The van der Waals surface area contributed by atoms with E-state index in [2.05, 4.69) is 0 Å². The van der Waals surface area contributed by atoms with E-state index in [1.807, 2.05) is 0 Å². The fourth-order valence-electron chi connectivity index (χ4n) is 2.45. The lowest BCUT2D eigenvalue weighted by atomic mass is 10.2. The molecule has 2 aromatic rings. The van der Waals surface area contributed by atoms with Gasteiger partial charge >= 0.3 is 0 Å². The Morgan fingerprint density at radius 2 is 1.87 bits per heavy atom. The molecule has 0 bridgehead atoms. The topological polar surface area (TPSA) is 55.8 Å². The van der Waals surface area contributed by atoms with Crippen molar-refractivity contribution in [2.75, 3.05) is 13.8 Å². The van der Waals surface area contributed by atoms with E-state index in [-0.39, 0.29) is 18.2 Å². The molecule has 1 heterocycles. The fraction of sp³-hybridized carbons (Fsp3) is 0.250. The molecule has 0 saturated heterocycles. The number of aryl methyl sites for hydroxylation is 1. The minimum Gasteiger partial charge on any atom is -0.454 e. The van der Waals surface area contributed by atoms with Gasteiger partial charge in [-0.3, -0.25) is 0 Å². The third-order valence-corrected chi connectivity index (χ3v) is 5.63. The Labute approximate surface area is 134 Å². The minimum atomic E-state index is -3.70. The summed E-state index contributed by atoms with van der Waals surface area (Å²) in [5, 5.41) is 0. The van der Waals surface area contributed by atoms with Crippen LogP contribution in [0.25, 0.3) is 0 Å². The molecular formula is C16H16FNO4S. The molecule has 0 aromatic heterocycles. The molecule has 0 aliphatic carbocycles. The maximum absolute atomic E-state index is 13.2. The van der Waals surface area contributed by atoms with E-state index in [0.29, 0.717) is 17.1 Å². The summed E-state index contributed by atoms with van der Waals surface area (Å²) in [6, 6.07) is 8.94. The Kier molecular flexibility index (Phi) is 3.99. The number of ether oxygens (including phenoxy) is 2. The highest BCUT2D eigenvalue weighted by Crippen LogP contribution is 2.33. The van der Waals surface area contributed by atoms with Gasteiger partial charge in [-0.25, -0.2) is 12.8 Å². The zero-order valence-electron chi connectivity index (χ0n) is 12.7. The van der Waals surface area contributed by atoms with Crippen LogP contribution >= 0.6 is 0 Å². The Balaban J connectivity index is 1.85. The van der Waals surface area contributed by atoms with Crippen molar-refractivity contribution in [2.45, 2.75) is 18.4 Å². The lowest BCUT2D eigenvalue weighted by Crippen LogP contribution is -2.27. The van der Waals surface area contributed by atoms with Gasteiger partial charge in [-0.05, 0) is 48.4 Å². The summed E-state index contributed by atoms with van der Waals surface area (Å²) in [6.45, 7) is 1.92. The molecule has 5 nitrogen and oxygen atoms in total. The normalized spacial score (nSPS) is 13.6. The maximum atomic E-state index is 13.2. The summed E-state index contributed by atoms with van der Waals surface area (Å²) in [5.74, 6) is 0.791. The highest BCUT2D eigenvalue weighted by atomic mass is 32.2. The summed E-state index contributed by atoms with van der Waals surface area (Å²) in [6.07, 6.45) is 0. The van der Waals surface area contributed by atoms with Gasteiger partial charge in [0.1, 0.15) is 5.82 Å². The molecule has 23 heavy (non-hydrogen) atoms. The second-order valence-corrected chi connectivity index (χ2v) is 7.37. The van der Waals surface area contributed by atoms with Gasteiger partial charge in [-0.15, -0.1) is 0 Å². The highest BCUT2D eigenvalue weighted by Gasteiger charge is 2.24. The van der Waals surface area contributed by atoms with E-state index in [1.54, 1.807) is 25.1 Å². The van der Waals surface area contributed by atoms with Gasteiger partial charge in [0, 0.05) is 13.6 Å². The number of benzene rings is 2. The van der Waals surface area contributed by atoms with Crippen molar-refractivity contribution in [3.63, 3.8) is 0 Å². The standard InChI is InChI=1S/C16H16FNO4S/c1-11-7-13(17)4-6-16(11)23(19,20)18(2)9-12-3-5-14-15(8-12)22-10-21-14/h3-8H,9-10H2,1-2H3. The van der Waals surface area contributed by atoms with Crippen LogP contribution in [0.4, 0.5) is 4.39 Å². The van der Waals surface area contributed by atoms with Crippen LogP contribution < -0.4 is 9.47 Å². The summed E-state index contributed by atoms with van der Waals surface area (Å²) < 4.78 is 50.2. The van der Waals surface area contributed by atoms with E-state index >= 15 is 0 Å². The van der Waals surface area contributed by atoms with Crippen LogP contribution in [-0.2, 0) is 16.6 Å². The quantitative estimate of drug-likeness (QED) is 0.861. The summed E-state index contributed by atoms with van der Waals surface area (Å²) in [4.78, 5) is 0.0992. The number of halogens is 1. The summed E-state index contributed by atoms with van der Waals surface area (Å²) in [5.41, 5.74) is 1.16. The zero-order valence-corrected chi connectivity index (χ0v) is 13.6. The number of sulfonamides is 1. The number of nitrogens with zero attached hydrogens (tertiary/aromatic N) is 1. The minimum absolute atomic E-state index is 0.0992. The first-order valence-corrected chi connectivity index (χ1v) is 8.43. The van der Waals surface area contributed by atoms with Crippen molar-refractivity contribution in [1.29, 1.82) is 0 Å². The molecule has 1 aliphatic rings. The number of rotatable bonds is 4. The van der Waals surface area contributed by atoms with Gasteiger partial charge in [-0.1, -0.05) is 6.07 Å².